The molecular formula is C21H13ClN4O5S. The van der Waals surface area contributed by atoms with Crippen molar-refractivity contribution in [2.75, 3.05) is 0 Å². The lowest BCUT2D eigenvalue weighted by Gasteiger charge is -2.00. The van der Waals surface area contributed by atoms with Gasteiger partial charge in [0.2, 0.25) is 0 Å². The molecule has 0 saturated carbocycles. The van der Waals surface area contributed by atoms with E-state index in [2.05, 4.69) is 15.5 Å². The first-order valence-corrected chi connectivity index (χ1v) is 10.2. The number of nitrogens with zero attached hydrogens (tertiary/aromatic N) is 3. The van der Waals surface area contributed by atoms with Crippen LogP contribution in [-0.4, -0.2) is 27.3 Å². The molecule has 160 valence electrons. The van der Waals surface area contributed by atoms with Crippen molar-refractivity contribution in [2.24, 2.45) is 10.2 Å². The Bertz CT molecular complexity index is 1320. The second-order valence-electron chi connectivity index (χ2n) is 6.40. The normalized spacial score (nSPS) is 16.2. The van der Waals surface area contributed by atoms with Gasteiger partial charge in [0.25, 0.3) is 11.6 Å². The lowest BCUT2D eigenvalue weighted by atomic mass is 10.1. The zero-order chi connectivity index (χ0) is 22.7. The van der Waals surface area contributed by atoms with Crippen molar-refractivity contribution < 1.29 is 19.2 Å². The third-order valence-corrected chi connectivity index (χ3v) is 5.48. The van der Waals surface area contributed by atoms with Crippen molar-refractivity contribution in [3.05, 3.63) is 86.0 Å². The number of rotatable bonds is 5. The highest BCUT2D eigenvalue weighted by Gasteiger charge is 2.24. The molecule has 0 aliphatic carbocycles. The number of furan rings is 1. The number of benzene rings is 2. The number of aromatic hydroxyl groups is 1. The molecule has 1 aliphatic heterocycles. The SMILES string of the molecule is O=C1N/C(=N/N=C\c2ccccc2O)S/C1=C/c1ccc(-c2ccc([N+](=O)[O-])cc2Cl)o1. The number of hydrogen-bond donors (Lipinski definition) is 2. The van der Waals surface area contributed by atoms with Crippen molar-refractivity contribution in [3.63, 3.8) is 0 Å². The summed E-state index contributed by atoms with van der Waals surface area (Å²) < 4.78 is 5.73. The molecule has 1 fully saturated rings. The summed E-state index contributed by atoms with van der Waals surface area (Å²) in [5.74, 6) is 0.507. The molecule has 1 saturated heterocycles. The van der Waals surface area contributed by atoms with Gasteiger partial charge in [0.15, 0.2) is 5.17 Å². The second kappa shape index (κ2) is 9.08. The maximum absolute atomic E-state index is 12.2. The average Bonchev–Trinajstić information content (AvgIpc) is 3.36. The van der Waals surface area contributed by atoms with Gasteiger partial charge >= 0.3 is 0 Å². The summed E-state index contributed by atoms with van der Waals surface area (Å²) in [5, 5.41) is 31.5. The maximum Gasteiger partial charge on any atom is 0.270 e. The third-order valence-electron chi connectivity index (χ3n) is 4.26. The number of nitro benzene ring substituents is 1. The number of amidine groups is 1. The van der Waals surface area contributed by atoms with E-state index in [0.717, 1.165) is 11.8 Å². The smallest absolute Gasteiger partial charge is 0.270 e. The van der Waals surface area contributed by atoms with Crippen LogP contribution in [0.25, 0.3) is 17.4 Å². The molecule has 1 aliphatic rings. The number of para-hydroxylation sites is 1. The largest absolute Gasteiger partial charge is 0.507 e. The molecule has 3 aromatic rings. The van der Waals surface area contributed by atoms with Gasteiger partial charge < -0.3 is 9.52 Å². The minimum Gasteiger partial charge on any atom is -0.507 e. The first-order chi connectivity index (χ1) is 15.4. The Morgan fingerprint density at radius 3 is 2.75 bits per heavy atom. The quantitative estimate of drug-likeness (QED) is 0.239. The number of carbonyl (C=O) groups is 1. The van der Waals surface area contributed by atoms with E-state index in [4.69, 9.17) is 16.0 Å². The Balaban J connectivity index is 1.49. The number of nitrogens with one attached hydrogen (secondary N) is 1. The molecule has 1 aromatic heterocycles. The number of non-ortho nitro benzene ring substituents is 1. The van der Waals surface area contributed by atoms with Crippen molar-refractivity contribution >= 4 is 52.4 Å². The van der Waals surface area contributed by atoms with Gasteiger partial charge in [-0.15, -0.1) is 5.10 Å². The van der Waals surface area contributed by atoms with E-state index >= 15 is 0 Å². The Morgan fingerprint density at radius 1 is 1.19 bits per heavy atom. The molecule has 0 spiro atoms. The van der Waals surface area contributed by atoms with E-state index in [1.54, 1.807) is 30.3 Å². The molecule has 0 atom stereocenters. The molecule has 1 amide bonds. The molecule has 9 nitrogen and oxygen atoms in total. The summed E-state index contributed by atoms with van der Waals surface area (Å²) in [6.45, 7) is 0. The number of hydrogen-bond acceptors (Lipinski definition) is 8. The van der Waals surface area contributed by atoms with Crippen molar-refractivity contribution in [1.29, 1.82) is 0 Å². The molecule has 0 radical (unpaired) electrons. The first kappa shape index (κ1) is 21.3. The predicted octanol–water partition coefficient (Wildman–Crippen LogP) is 4.81. The first-order valence-electron chi connectivity index (χ1n) is 9.05. The Kier molecular flexibility index (Phi) is 6.06. The van der Waals surface area contributed by atoms with E-state index in [0.29, 0.717) is 27.6 Å². The Labute approximate surface area is 190 Å². The van der Waals surface area contributed by atoms with Gasteiger partial charge in [-0.05, 0) is 42.1 Å². The fourth-order valence-corrected chi connectivity index (χ4v) is 3.76. The molecule has 4 rings (SSSR count). The summed E-state index contributed by atoms with van der Waals surface area (Å²) in [7, 11) is 0. The van der Waals surface area contributed by atoms with Crippen LogP contribution in [-0.2, 0) is 4.79 Å². The number of halogens is 1. The molecule has 2 aromatic carbocycles. The van der Waals surface area contributed by atoms with Gasteiger partial charge in [-0.25, -0.2) is 0 Å². The van der Waals surface area contributed by atoms with Gasteiger partial charge in [-0.2, -0.15) is 5.10 Å². The van der Waals surface area contributed by atoms with Gasteiger partial charge in [-0.3, -0.25) is 20.2 Å². The predicted molar refractivity (Wildman–Crippen MR) is 123 cm³/mol. The summed E-state index contributed by atoms with van der Waals surface area (Å²) in [4.78, 5) is 22.9. The zero-order valence-corrected chi connectivity index (χ0v) is 17.6. The van der Waals surface area contributed by atoms with Crippen molar-refractivity contribution in [1.82, 2.24) is 5.32 Å². The van der Waals surface area contributed by atoms with Crippen LogP contribution in [0.3, 0.4) is 0 Å². The molecule has 0 bridgehead atoms. The van der Waals surface area contributed by atoms with Crippen LogP contribution < -0.4 is 5.32 Å². The highest BCUT2D eigenvalue weighted by Crippen LogP contribution is 2.33. The highest BCUT2D eigenvalue weighted by atomic mass is 35.5. The maximum atomic E-state index is 12.2. The fourth-order valence-electron chi connectivity index (χ4n) is 2.74. The fraction of sp³-hybridized carbons (Fsp3) is 0. The zero-order valence-electron chi connectivity index (χ0n) is 16.1. The standard InChI is InChI=1S/C21H13ClN4O5S/c22-16-9-13(26(29)30)5-7-15(16)18-8-6-14(31-18)10-19-20(28)24-21(32-19)25-23-11-12-3-1-2-4-17(12)27/h1-11,27H,(H,24,25,28)/b19-10+,23-11-. The van der Waals surface area contributed by atoms with Gasteiger partial charge in [0, 0.05) is 29.3 Å². The van der Waals surface area contributed by atoms with Crippen LogP contribution in [0.2, 0.25) is 5.02 Å². The summed E-state index contributed by atoms with van der Waals surface area (Å²) in [6, 6.07) is 14.0. The minimum absolute atomic E-state index is 0.0712. The van der Waals surface area contributed by atoms with Crippen molar-refractivity contribution in [2.45, 2.75) is 0 Å². The monoisotopic (exact) mass is 468 g/mol. The highest BCUT2D eigenvalue weighted by molar-refractivity contribution is 8.18. The van der Waals surface area contributed by atoms with E-state index in [1.807, 2.05) is 0 Å². The van der Waals surface area contributed by atoms with Gasteiger partial charge in [-0.1, -0.05) is 23.7 Å². The van der Waals surface area contributed by atoms with E-state index in [9.17, 15) is 20.0 Å². The molecule has 2 heterocycles. The Morgan fingerprint density at radius 2 is 2.00 bits per heavy atom. The number of carbonyl (C=O) groups excluding carboxylic acids is 1. The molecule has 32 heavy (non-hydrogen) atoms. The van der Waals surface area contributed by atoms with Crippen LogP contribution in [0.5, 0.6) is 5.75 Å². The molecular weight excluding hydrogens is 456 g/mol. The summed E-state index contributed by atoms with van der Waals surface area (Å²) in [6.07, 6.45) is 2.92. The average molecular weight is 469 g/mol. The van der Waals surface area contributed by atoms with Crippen LogP contribution >= 0.6 is 23.4 Å². The Hall–Kier alpha value is -3.89. The molecule has 2 N–H and O–H groups in total. The topological polar surface area (TPSA) is 130 Å². The van der Waals surface area contributed by atoms with Gasteiger partial charge in [0.1, 0.15) is 17.3 Å². The molecule has 11 heteroatoms. The van der Waals surface area contributed by atoms with Crippen LogP contribution in [0.1, 0.15) is 11.3 Å². The third kappa shape index (κ3) is 4.71. The number of amides is 1. The summed E-state index contributed by atoms with van der Waals surface area (Å²) in [5.41, 5.74) is 0.866. The summed E-state index contributed by atoms with van der Waals surface area (Å²) >= 11 is 7.22. The number of phenols is 1. The number of nitro groups is 1. The number of thioether (sulfide) groups is 1. The lowest BCUT2D eigenvalue weighted by Crippen LogP contribution is -2.19. The minimum atomic E-state index is -0.532. The molecule has 0 unspecified atom stereocenters. The van der Waals surface area contributed by atoms with E-state index in [1.165, 1.54) is 36.6 Å². The van der Waals surface area contributed by atoms with Crippen LogP contribution in [0, 0.1) is 10.1 Å². The van der Waals surface area contributed by atoms with Crippen LogP contribution in [0.15, 0.2) is 74.1 Å². The van der Waals surface area contributed by atoms with Gasteiger partial charge in [0.05, 0.1) is 21.1 Å². The van der Waals surface area contributed by atoms with Crippen LogP contribution in [0.4, 0.5) is 5.69 Å². The lowest BCUT2D eigenvalue weighted by molar-refractivity contribution is -0.384. The van der Waals surface area contributed by atoms with E-state index < -0.39 is 4.92 Å². The second-order valence-corrected chi connectivity index (χ2v) is 7.83. The van der Waals surface area contributed by atoms with E-state index in [-0.39, 0.29) is 27.5 Å². The number of phenolic OH excluding ortho intramolecular Hbond substituents is 1. The van der Waals surface area contributed by atoms with Crippen molar-refractivity contribution in [3.8, 4) is 17.1 Å².